The van der Waals surface area contributed by atoms with Gasteiger partial charge in [-0.05, 0) is 32.9 Å². The van der Waals surface area contributed by atoms with E-state index in [1.54, 1.807) is 6.92 Å². The molecular formula is C17H15N3O2S2. The van der Waals surface area contributed by atoms with Crippen molar-refractivity contribution in [2.45, 2.75) is 31.2 Å². The van der Waals surface area contributed by atoms with Gasteiger partial charge in [-0.3, -0.25) is 0 Å². The van der Waals surface area contributed by atoms with Gasteiger partial charge in [0, 0.05) is 0 Å². The molecule has 0 aliphatic carbocycles. The highest BCUT2D eigenvalue weighted by atomic mass is 32.2. The number of thioether (sulfide) groups is 1. The Morgan fingerprint density at radius 2 is 2.08 bits per heavy atom. The van der Waals surface area contributed by atoms with Crippen molar-refractivity contribution in [2.75, 3.05) is 0 Å². The van der Waals surface area contributed by atoms with E-state index in [4.69, 9.17) is 4.42 Å². The monoisotopic (exact) mass is 357 g/mol. The number of allylic oxidation sites excluding steroid dienone is 1. The quantitative estimate of drug-likeness (QED) is 0.407. The van der Waals surface area contributed by atoms with Gasteiger partial charge >= 0.3 is 0 Å². The lowest BCUT2D eigenvalue weighted by atomic mass is 10.2. The molecule has 3 aromatic rings. The van der Waals surface area contributed by atoms with Crippen LogP contribution in [0.4, 0.5) is 0 Å². The number of nitrogens with zero attached hydrogens (tertiary/aromatic N) is 3. The topological polar surface area (TPSA) is 82.9 Å². The van der Waals surface area contributed by atoms with Gasteiger partial charge in [0.25, 0.3) is 5.22 Å². The first-order valence-electron chi connectivity index (χ1n) is 7.29. The van der Waals surface area contributed by atoms with E-state index in [1.807, 2.05) is 38.1 Å². The molecule has 0 bridgehead atoms. The van der Waals surface area contributed by atoms with Crippen LogP contribution in [0.1, 0.15) is 23.4 Å². The number of para-hydroxylation sites is 1. The number of aromatic nitrogens is 2. The summed E-state index contributed by atoms with van der Waals surface area (Å²) < 4.78 is 6.50. The van der Waals surface area contributed by atoms with Gasteiger partial charge in [0.2, 0.25) is 0 Å². The van der Waals surface area contributed by atoms with E-state index in [-0.39, 0.29) is 16.6 Å². The van der Waals surface area contributed by atoms with Crippen LogP contribution in [0.15, 0.2) is 39.7 Å². The van der Waals surface area contributed by atoms with Crippen LogP contribution in [0.25, 0.3) is 15.8 Å². The normalized spacial score (nSPS) is 13.6. The van der Waals surface area contributed by atoms with Crippen molar-refractivity contribution in [3.8, 4) is 6.07 Å². The van der Waals surface area contributed by atoms with Crippen molar-refractivity contribution in [3.05, 3.63) is 46.5 Å². The zero-order valence-corrected chi connectivity index (χ0v) is 15.0. The molecule has 24 heavy (non-hydrogen) atoms. The average molecular weight is 357 g/mol. The molecule has 122 valence electrons. The Hall–Kier alpha value is -2.30. The summed E-state index contributed by atoms with van der Waals surface area (Å²) in [7, 11) is 0. The summed E-state index contributed by atoms with van der Waals surface area (Å²) in [6.45, 7) is 5.51. The fraction of sp³-hybridized carbons (Fsp3) is 0.235. The highest BCUT2D eigenvalue weighted by Crippen LogP contribution is 2.33. The van der Waals surface area contributed by atoms with Crippen LogP contribution in [0.3, 0.4) is 0 Å². The molecule has 5 nitrogen and oxygen atoms in total. The van der Waals surface area contributed by atoms with Gasteiger partial charge in [0.1, 0.15) is 28.2 Å². The zero-order valence-electron chi connectivity index (χ0n) is 13.4. The Labute approximate surface area is 147 Å². The highest BCUT2D eigenvalue weighted by molar-refractivity contribution is 7.99. The Morgan fingerprint density at radius 3 is 2.71 bits per heavy atom. The van der Waals surface area contributed by atoms with Gasteiger partial charge < -0.3 is 9.52 Å². The summed E-state index contributed by atoms with van der Waals surface area (Å²) in [5.41, 5.74) is 1.83. The highest BCUT2D eigenvalue weighted by Gasteiger charge is 2.21. The molecule has 0 fully saturated rings. The fourth-order valence-corrected chi connectivity index (χ4v) is 3.96. The van der Waals surface area contributed by atoms with E-state index in [0.29, 0.717) is 10.2 Å². The Morgan fingerprint density at radius 1 is 1.33 bits per heavy atom. The summed E-state index contributed by atoms with van der Waals surface area (Å²) in [4.78, 5) is 8.73. The van der Waals surface area contributed by atoms with Crippen LogP contribution < -0.4 is 0 Å². The third-order valence-corrected chi connectivity index (χ3v) is 5.55. The minimum absolute atomic E-state index is 0.0185. The molecule has 1 unspecified atom stereocenters. The summed E-state index contributed by atoms with van der Waals surface area (Å²) in [6.07, 6.45) is 0. The lowest BCUT2D eigenvalue weighted by Crippen LogP contribution is -2.04. The number of thiazole rings is 1. The fourth-order valence-electron chi connectivity index (χ4n) is 2.10. The summed E-state index contributed by atoms with van der Waals surface area (Å²) in [6, 6.07) is 9.72. The minimum Gasteiger partial charge on any atom is -0.510 e. The second-order valence-electron chi connectivity index (χ2n) is 5.24. The van der Waals surface area contributed by atoms with E-state index in [9.17, 15) is 10.4 Å². The van der Waals surface area contributed by atoms with Gasteiger partial charge in [-0.2, -0.15) is 5.26 Å². The van der Waals surface area contributed by atoms with Crippen molar-refractivity contribution in [1.82, 2.24) is 9.97 Å². The van der Waals surface area contributed by atoms with Gasteiger partial charge in [-0.1, -0.05) is 23.9 Å². The minimum atomic E-state index is -0.371. The second-order valence-corrected chi connectivity index (χ2v) is 7.56. The lowest BCUT2D eigenvalue weighted by molar-refractivity contribution is 0.398. The molecule has 0 radical (unpaired) electrons. The third-order valence-electron chi connectivity index (χ3n) is 3.55. The molecule has 2 heterocycles. The molecule has 0 aliphatic rings. The van der Waals surface area contributed by atoms with Crippen molar-refractivity contribution >= 4 is 38.9 Å². The first-order chi connectivity index (χ1) is 11.5. The molecule has 2 aromatic heterocycles. The van der Waals surface area contributed by atoms with E-state index in [2.05, 4.69) is 16.0 Å². The first kappa shape index (κ1) is 16.6. The van der Waals surface area contributed by atoms with E-state index in [1.165, 1.54) is 23.1 Å². The van der Waals surface area contributed by atoms with Crippen molar-refractivity contribution in [3.63, 3.8) is 0 Å². The van der Waals surface area contributed by atoms with Crippen LogP contribution in [0, 0.1) is 25.2 Å². The molecule has 3 rings (SSSR count). The van der Waals surface area contributed by atoms with Crippen LogP contribution in [-0.4, -0.2) is 20.3 Å². The number of benzene rings is 1. The van der Waals surface area contributed by atoms with Gasteiger partial charge in [-0.25, -0.2) is 9.97 Å². The van der Waals surface area contributed by atoms with Crippen LogP contribution >= 0.6 is 23.1 Å². The molecular weight excluding hydrogens is 342 g/mol. The molecule has 0 amide bonds. The number of fused-ring (bicyclic) bond motifs is 1. The SMILES string of the molecule is Cc1nc(SC(C)C(O)=C(C#N)c2nc3ccccc3s2)oc1C. The molecule has 0 spiro atoms. The lowest BCUT2D eigenvalue weighted by Gasteiger charge is -2.09. The van der Waals surface area contributed by atoms with Crippen molar-refractivity contribution < 1.29 is 9.52 Å². The Kier molecular flexibility index (Phi) is 4.60. The summed E-state index contributed by atoms with van der Waals surface area (Å²) in [5.74, 6) is 0.731. The Bertz CT molecular complexity index is 913. The molecule has 7 heteroatoms. The van der Waals surface area contributed by atoms with Crippen LogP contribution in [0.2, 0.25) is 0 Å². The van der Waals surface area contributed by atoms with Crippen LogP contribution in [0.5, 0.6) is 0 Å². The van der Waals surface area contributed by atoms with Gasteiger partial charge in [-0.15, -0.1) is 11.3 Å². The van der Waals surface area contributed by atoms with E-state index < -0.39 is 0 Å². The first-order valence-corrected chi connectivity index (χ1v) is 8.99. The second kappa shape index (κ2) is 6.67. The average Bonchev–Trinajstić information content (AvgIpc) is 3.11. The number of oxazole rings is 1. The van der Waals surface area contributed by atoms with Crippen molar-refractivity contribution in [1.29, 1.82) is 5.26 Å². The predicted octanol–water partition coefficient (Wildman–Crippen LogP) is 4.87. The molecule has 0 aliphatic heterocycles. The molecule has 1 N–H and O–H groups in total. The smallest absolute Gasteiger partial charge is 0.256 e. The zero-order chi connectivity index (χ0) is 17.3. The van der Waals surface area contributed by atoms with E-state index in [0.717, 1.165) is 21.7 Å². The molecule has 0 saturated carbocycles. The number of hydrogen-bond acceptors (Lipinski definition) is 7. The maximum atomic E-state index is 10.5. The number of aliphatic hydroxyl groups excluding tert-OH is 1. The van der Waals surface area contributed by atoms with Crippen molar-refractivity contribution in [2.24, 2.45) is 0 Å². The predicted molar refractivity (Wildman–Crippen MR) is 96.1 cm³/mol. The number of aryl methyl sites for hydroxylation is 2. The number of aliphatic hydroxyl groups is 1. The molecule has 1 aromatic carbocycles. The summed E-state index contributed by atoms with van der Waals surface area (Å²) in [5, 5.41) is 20.6. The maximum absolute atomic E-state index is 10.5. The van der Waals surface area contributed by atoms with Gasteiger partial charge in [0.05, 0.1) is 21.2 Å². The number of nitriles is 1. The Balaban J connectivity index is 1.92. The van der Waals surface area contributed by atoms with E-state index >= 15 is 0 Å². The van der Waals surface area contributed by atoms with Crippen LogP contribution in [-0.2, 0) is 0 Å². The molecule has 0 saturated heterocycles. The molecule has 1 atom stereocenters. The van der Waals surface area contributed by atoms with Gasteiger partial charge in [0.15, 0.2) is 0 Å². The third kappa shape index (κ3) is 3.16. The summed E-state index contributed by atoms with van der Waals surface area (Å²) >= 11 is 2.66. The largest absolute Gasteiger partial charge is 0.510 e. The maximum Gasteiger partial charge on any atom is 0.256 e. The number of rotatable bonds is 4. The number of hydrogen-bond donors (Lipinski definition) is 1. The standard InChI is InChI=1S/C17H15N3O2S2/c1-9-10(2)22-17(19-9)23-11(3)15(21)12(8-18)16-20-13-6-4-5-7-14(13)24-16/h4-7,11,21H,1-3H3.